The van der Waals surface area contributed by atoms with E-state index in [1.807, 2.05) is 41.1 Å². The van der Waals surface area contributed by atoms with E-state index < -0.39 is 11.8 Å². The molecule has 2 N–H and O–H groups in total. The molecule has 0 aliphatic rings. The van der Waals surface area contributed by atoms with Gasteiger partial charge in [-0.1, -0.05) is 18.2 Å². The smallest absolute Gasteiger partial charge is 0.309 e. The lowest BCUT2D eigenvalue weighted by Crippen LogP contribution is -2.40. The Bertz CT molecular complexity index is 626. The first kappa shape index (κ1) is 16.0. The first-order valence-corrected chi connectivity index (χ1v) is 7.84. The van der Waals surface area contributed by atoms with Crippen molar-refractivity contribution < 1.29 is 14.3 Å². The van der Waals surface area contributed by atoms with Crippen LogP contribution in [-0.4, -0.2) is 25.5 Å². The molecule has 2 aromatic rings. The minimum Gasteiger partial charge on any atom is -0.496 e. The third-order valence-corrected chi connectivity index (χ3v) is 3.85. The van der Waals surface area contributed by atoms with Crippen LogP contribution in [0.2, 0.25) is 0 Å². The number of amides is 2. The summed E-state index contributed by atoms with van der Waals surface area (Å²) in [6.45, 7) is 0.693. The van der Waals surface area contributed by atoms with Crippen molar-refractivity contribution in [2.24, 2.45) is 0 Å². The van der Waals surface area contributed by atoms with Gasteiger partial charge in [-0.15, -0.1) is 0 Å². The first-order chi connectivity index (χ1) is 10.7. The Morgan fingerprint density at radius 3 is 2.64 bits per heavy atom. The fraction of sp³-hybridized carbons (Fsp3) is 0.250. The molecule has 0 radical (unpaired) electrons. The number of thiophene rings is 1. The lowest BCUT2D eigenvalue weighted by Gasteiger charge is -2.09. The molecule has 2 amide bonds. The number of nitrogens with one attached hydrogen (secondary N) is 2. The summed E-state index contributed by atoms with van der Waals surface area (Å²) in [5, 5.41) is 9.20. The van der Waals surface area contributed by atoms with Crippen LogP contribution in [0, 0.1) is 0 Å². The van der Waals surface area contributed by atoms with Crippen LogP contribution < -0.4 is 15.4 Å². The number of benzene rings is 1. The van der Waals surface area contributed by atoms with E-state index in [2.05, 4.69) is 10.6 Å². The summed E-state index contributed by atoms with van der Waals surface area (Å²) in [5.41, 5.74) is 1.98. The topological polar surface area (TPSA) is 67.4 Å². The Kier molecular flexibility index (Phi) is 5.97. The SMILES string of the molecule is COc1ccccc1CNC(=O)C(=O)NCCc1ccsc1. The van der Waals surface area contributed by atoms with E-state index in [-0.39, 0.29) is 6.54 Å². The van der Waals surface area contributed by atoms with E-state index in [4.69, 9.17) is 4.74 Å². The van der Waals surface area contributed by atoms with E-state index >= 15 is 0 Å². The van der Waals surface area contributed by atoms with Gasteiger partial charge in [0, 0.05) is 18.7 Å². The zero-order valence-corrected chi connectivity index (χ0v) is 13.1. The molecule has 0 unspecified atom stereocenters. The second-order valence-corrected chi connectivity index (χ2v) is 5.41. The summed E-state index contributed by atoms with van der Waals surface area (Å²) in [4.78, 5) is 23.4. The molecule has 1 heterocycles. The molecule has 0 saturated carbocycles. The first-order valence-electron chi connectivity index (χ1n) is 6.89. The maximum Gasteiger partial charge on any atom is 0.309 e. The summed E-state index contributed by atoms with van der Waals surface area (Å²) in [6, 6.07) is 9.35. The molecule has 5 nitrogen and oxygen atoms in total. The molecule has 1 aromatic heterocycles. The summed E-state index contributed by atoms with van der Waals surface area (Å²) in [6.07, 6.45) is 0.717. The maximum atomic E-state index is 11.7. The second-order valence-electron chi connectivity index (χ2n) is 4.63. The Morgan fingerprint density at radius 2 is 1.91 bits per heavy atom. The van der Waals surface area contributed by atoms with Gasteiger partial charge in [-0.3, -0.25) is 9.59 Å². The van der Waals surface area contributed by atoms with Crippen LogP contribution in [0.4, 0.5) is 0 Å². The van der Waals surface area contributed by atoms with Crippen molar-refractivity contribution in [2.75, 3.05) is 13.7 Å². The van der Waals surface area contributed by atoms with Gasteiger partial charge in [0.05, 0.1) is 7.11 Å². The highest BCUT2D eigenvalue weighted by molar-refractivity contribution is 7.07. The van der Waals surface area contributed by atoms with Gasteiger partial charge in [0.25, 0.3) is 0 Å². The maximum absolute atomic E-state index is 11.7. The molecule has 2 rings (SSSR count). The van der Waals surface area contributed by atoms with Crippen molar-refractivity contribution in [3.63, 3.8) is 0 Å². The molecule has 22 heavy (non-hydrogen) atoms. The molecule has 0 saturated heterocycles. The monoisotopic (exact) mass is 318 g/mol. The van der Waals surface area contributed by atoms with E-state index in [0.29, 0.717) is 12.3 Å². The van der Waals surface area contributed by atoms with Crippen LogP contribution in [0.25, 0.3) is 0 Å². The molecular formula is C16H18N2O3S. The van der Waals surface area contributed by atoms with Crippen LogP contribution >= 0.6 is 11.3 Å². The summed E-state index contributed by atoms with van der Waals surface area (Å²) >= 11 is 1.61. The van der Waals surface area contributed by atoms with Crippen molar-refractivity contribution in [1.29, 1.82) is 0 Å². The highest BCUT2D eigenvalue weighted by atomic mass is 32.1. The summed E-state index contributed by atoms with van der Waals surface area (Å²) < 4.78 is 5.19. The number of carbonyl (C=O) groups is 2. The Labute approximate surface area is 133 Å². The number of carbonyl (C=O) groups excluding carboxylic acids is 2. The largest absolute Gasteiger partial charge is 0.496 e. The van der Waals surface area contributed by atoms with Gasteiger partial charge in [0.1, 0.15) is 5.75 Å². The number of methoxy groups -OCH3 is 1. The number of rotatable bonds is 6. The zero-order valence-electron chi connectivity index (χ0n) is 12.3. The van der Waals surface area contributed by atoms with Crippen LogP contribution in [0.15, 0.2) is 41.1 Å². The van der Waals surface area contributed by atoms with Crippen molar-refractivity contribution in [3.05, 3.63) is 52.2 Å². The molecule has 0 fully saturated rings. The molecular weight excluding hydrogens is 300 g/mol. The highest BCUT2D eigenvalue weighted by Gasteiger charge is 2.13. The predicted octanol–water partition coefficient (Wildman–Crippen LogP) is 1.73. The molecule has 1 aromatic carbocycles. The van der Waals surface area contributed by atoms with E-state index in [0.717, 1.165) is 17.5 Å². The second kappa shape index (κ2) is 8.19. The highest BCUT2D eigenvalue weighted by Crippen LogP contribution is 2.16. The third-order valence-electron chi connectivity index (χ3n) is 3.12. The third kappa shape index (κ3) is 4.60. The summed E-state index contributed by atoms with van der Waals surface area (Å²) in [7, 11) is 1.57. The van der Waals surface area contributed by atoms with Crippen molar-refractivity contribution in [3.8, 4) is 5.75 Å². The number of hydrogen-bond acceptors (Lipinski definition) is 4. The van der Waals surface area contributed by atoms with Crippen LogP contribution in [0.5, 0.6) is 5.75 Å². The van der Waals surface area contributed by atoms with Crippen LogP contribution in [0.1, 0.15) is 11.1 Å². The predicted molar refractivity (Wildman–Crippen MR) is 85.9 cm³/mol. The Morgan fingerprint density at radius 1 is 1.14 bits per heavy atom. The fourth-order valence-corrected chi connectivity index (χ4v) is 2.64. The number of ether oxygens (including phenoxy) is 1. The fourth-order valence-electron chi connectivity index (χ4n) is 1.94. The minimum absolute atomic E-state index is 0.251. The van der Waals surface area contributed by atoms with Crippen molar-refractivity contribution >= 4 is 23.2 Å². The van der Waals surface area contributed by atoms with Crippen LogP contribution in [0.3, 0.4) is 0 Å². The normalized spacial score (nSPS) is 10.0. The molecule has 0 spiro atoms. The quantitative estimate of drug-likeness (QED) is 0.797. The molecule has 0 bridgehead atoms. The molecule has 6 heteroatoms. The summed E-state index contributed by atoms with van der Waals surface area (Å²) in [5.74, 6) is -0.581. The Balaban J connectivity index is 1.75. The van der Waals surface area contributed by atoms with Gasteiger partial charge in [-0.05, 0) is 34.9 Å². The van der Waals surface area contributed by atoms with Gasteiger partial charge in [-0.2, -0.15) is 11.3 Å². The van der Waals surface area contributed by atoms with Gasteiger partial charge in [0.2, 0.25) is 0 Å². The number of para-hydroxylation sites is 1. The molecule has 0 atom stereocenters. The van der Waals surface area contributed by atoms with E-state index in [1.54, 1.807) is 18.4 Å². The van der Waals surface area contributed by atoms with Crippen molar-refractivity contribution in [2.45, 2.75) is 13.0 Å². The van der Waals surface area contributed by atoms with Gasteiger partial charge >= 0.3 is 11.8 Å². The van der Waals surface area contributed by atoms with Gasteiger partial charge in [0.15, 0.2) is 0 Å². The number of hydrogen-bond donors (Lipinski definition) is 2. The molecule has 0 aliphatic heterocycles. The zero-order chi connectivity index (χ0) is 15.8. The lowest BCUT2D eigenvalue weighted by molar-refractivity contribution is -0.139. The standard InChI is InChI=1S/C16H18N2O3S/c1-21-14-5-3-2-4-13(14)10-18-16(20)15(19)17-8-6-12-7-9-22-11-12/h2-5,7,9,11H,6,8,10H2,1H3,(H,17,19)(H,18,20). The van der Waals surface area contributed by atoms with Gasteiger partial charge < -0.3 is 15.4 Å². The average Bonchev–Trinajstić information content (AvgIpc) is 3.06. The van der Waals surface area contributed by atoms with Crippen molar-refractivity contribution in [1.82, 2.24) is 10.6 Å². The molecule has 0 aliphatic carbocycles. The van der Waals surface area contributed by atoms with Crippen LogP contribution in [-0.2, 0) is 22.6 Å². The average molecular weight is 318 g/mol. The van der Waals surface area contributed by atoms with E-state index in [1.165, 1.54) is 0 Å². The lowest BCUT2D eigenvalue weighted by atomic mass is 10.2. The van der Waals surface area contributed by atoms with Gasteiger partial charge in [-0.25, -0.2) is 0 Å². The molecule has 116 valence electrons. The van der Waals surface area contributed by atoms with E-state index in [9.17, 15) is 9.59 Å². The minimum atomic E-state index is -0.642. The Hall–Kier alpha value is -2.34.